The average Bonchev–Trinajstić information content (AvgIpc) is 2.38. The molecule has 1 fully saturated rings. The molecule has 1 aromatic carbocycles. The second kappa shape index (κ2) is 5.68. The SMILES string of the molecule is CC1CNCCN1C(=O)COc1ccccc1. The smallest absolute Gasteiger partial charge is 0.260 e. The molecule has 17 heavy (non-hydrogen) atoms. The summed E-state index contributed by atoms with van der Waals surface area (Å²) < 4.78 is 5.46. The number of nitrogens with zero attached hydrogens (tertiary/aromatic N) is 1. The molecule has 1 unspecified atom stereocenters. The van der Waals surface area contributed by atoms with Crippen molar-refractivity contribution in [2.45, 2.75) is 13.0 Å². The van der Waals surface area contributed by atoms with Crippen molar-refractivity contribution in [2.24, 2.45) is 0 Å². The molecule has 1 heterocycles. The lowest BCUT2D eigenvalue weighted by Gasteiger charge is -2.33. The predicted octanol–water partition coefficient (Wildman–Crippen LogP) is 0.886. The van der Waals surface area contributed by atoms with Gasteiger partial charge >= 0.3 is 0 Å². The van der Waals surface area contributed by atoms with E-state index < -0.39 is 0 Å². The monoisotopic (exact) mass is 234 g/mol. The van der Waals surface area contributed by atoms with Gasteiger partial charge < -0.3 is 15.0 Å². The van der Waals surface area contributed by atoms with Crippen LogP contribution in [0.5, 0.6) is 5.75 Å². The van der Waals surface area contributed by atoms with Crippen molar-refractivity contribution in [1.82, 2.24) is 10.2 Å². The number of hydrogen-bond acceptors (Lipinski definition) is 3. The topological polar surface area (TPSA) is 41.6 Å². The Kier molecular flexibility index (Phi) is 3.98. The van der Waals surface area contributed by atoms with E-state index in [9.17, 15) is 4.79 Å². The van der Waals surface area contributed by atoms with Gasteiger partial charge in [0.05, 0.1) is 0 Å². The Balaban J connectivity index is 1.84. The lowest BCUT2D eigenvalue weighted by molar-refractivity contribution is -0.136. The maximum Gasteiger partial charge on any atom is 0.260 e. The van der Waals surface area contributed by atoms with Gasteiger partial charge in [-0.05, 0) is 19.1 Å². The first kappa shape index (κ1) is 11.9. The molecule has 1 amide bonds. The number of ether oxygens (including phenoxy) is 1. The molecule has 1 aliphatic heterocycles. The van der Waals surface area contributed by atoms with Crippen LogP contribution < -0.4 is 10.1 Å². The third kappa shape index (κ3) is 3.20. The highest BCUT2D eigenvalue weighted by Crippen LogP contribution is 2.09. The number of nitrogens with one attached hydrogen (secondary N) is 1. The fourth-order valence-electron chi connectivity index (χ4n) is 1.96. The van der Waals surface area contributed by atoms with E-state index in [1.54, 1.807) is 0 Å². The van der Waals surface area contributed by atoms with Gasteiger partial charge in [0.2, 0.25) is 0 Å². The molecule has 0 aromatic heterocycles. The van der Waals surface area contributed by atoms with Crippen LogP contribution in [0, 0.1) is 0 Å². The summed E-state index contributed by atoms with van der Waals surface area (Å²) in [7, 11) is 0. The van der Waals surface area contributed by atoms with Crippen molar-refractivity contribution >= 4 is 5.91 Å². The Morgan fingerprint density at radius 2 is 2.24 bits per heavy atom. The van der Waals surface area contributed by atoms with Gasteiger partial charge in [-0.1, -0.05) is 18.2 Å². The van der Waals surface area contributed by atoms with Gasteiger partial charge in [0.1, 0.15) is 5.75 Å². The minimum absolute atomic E-state index is 0.0582. The van der Waals surface area contributed by atoms with Crippen LogP contribution in [0.1, 0.15) is 6.92 Å². The highest BCUT2D eigenvalue weighted by atomic mass is 16.5. The van der Waals surface area contributed by atoms with E-state index in [0.717, 1.165) is 25.4 Å². The normalized spacial score (nSPS) is 20.1. The number of piperazine rings is 1. The molecule has 4 heteroatoms. The number of benzene rings is 1. The van der Waals surface area contributed by atoms with E-state index in [1.807, 2.05) is 42.2 Å². The molecule has 1 aliphatic rings. The van der Waals surface area contributed by atoms with Gasteiger partial charge in [-0.3, -0.25) is 4.79 Å². The first-order valence-electron chi connectivity index (χ1n) is 5.95. The summed E-state index contributed by atoms with van der Waals surface area (Å²) in [4.78, 5) is 13.8. The van der Waals surface area contributed by atoms with Gasteiger partial charge in [0.15, 0.2) is 6.61 Å². The van der Waals surface area contributed by atoms with Crippen molar-refractivity contribution in [2.75, 3.05) is 26.2 Å². The van der Waals surface area contributed by atoms with Gasteiger partial charge in [-0.25, -0.2) is 0 Å². The summed E-state index contributed by atoms with van der Waals surface area (Å²) in [6.45, 7) is 4.65. The molecule has 92 valence electrons. The summed E-state index contributed by atoms with van der Waals surface area (Å²) in [5, 5.41) is 3.26. The first-order valence-corrected chi connectivity index (χ1v) is 5.95. The molecule has 0 radical (unpaired) electrons. The van der Waals surface area contributed by atoms with Crippen molar-refractivity contribution in [3.63, 3.8) is 0 Å². The lowest BCUT2D eigenvalue weighted by Crippen LogP contribution is -2.53. The first-order chi connectivity index (χ1) is 8.27. The van der Waals surface area contributed by atoms with E-state index in [4.69, 9.17) is 4.74 Å². The Morgan fingerprint density at radius 1 is 1.47 bits per heavy atom. The highest BCUT2D eigenvalue weighted by Gasteiger charge is 2.22. The van der Waals surface area contributed by atoms with Crippen LogP contribution in [0.25, 0.3) is 0 Å². The van der Waals surface area contributed by atoms with Crippen molar-refractivity contribution in [3.05, 3.63) is 30.3 Å². The number of carbonyl (C=O) groups is 1. The number of carbonyl (C=O) groups excluding carboxylic acids is 1. The minimum atomic E-state index is 0.0582. The summed E-state index contributed by atoms with van der Waals surface area (Å²) in [6.07, 6.45) is 0. The molecule has 0 aliphatic carbocycles. The minimum Gasteiger partial charge on any atom is -0.484 e. The van der Waals surface area contributed by atoms with E-state index in [1.165, 1.54) is 0 Å². The van der Waals surface area contributed by atoms with Crippen LogP contribution in [0.4, 0.5) is 0 Å². The molecular weight excluding hydrogens is 216 g/mol. The Morgan fingerprint density at radius 3 is 2.94 bits per heavy atom. The molecule has 1 atom stereocenters. The summed E-state index contributed by atoms with van der Waals surface area (Å²) in [6, 6.07) is 9.67. The van der Waals surface area contributed by atoms with Gasteiger partial charge in [0, 0.05) is 25.7 Å². The molecule has 4 nitrogen and oxygen atoms in total. The Labute approximate surface area is 102 Å². The molecule has 0 bridgehead atoms. The van der Waals surface area contributed by atoms with Crippen LogP contribution in [-0.4, -0.2) is 43.1 Å². The van der Waals surface area contributed by atoms with Crippen LogP contribution in [0.15, 0.2) is 30.3 Å². The van der Waals surface area contributed by atoms with Gasteiger partial charge in [-0.2, -0.15) is 0 Å². The summed E-state index contributed by atoms with van der Waals surface area (Å²) in [5.74, 6) is 0.798. The second-order valence-electron chi connectivity index (χ2n) is 4.24. The average molecular weight is 234 g/mol. The summed E-state index contributed by atoms with van der Waals surface area (Å²) in [5.41, 5.74) is 0. The van der Waals surface area contributed by atoms with E-state index >= 15 is 0 Å². The number of rotatable bonds is 3. The molecule has 1 N–H and O–H groups in total. The van der Waals surface area contributed by atoms with Gasteiger partial charge in [-0.15, -0.1) is 0 Å². The third-order valence-corrected chi connectivity index (χ3v) is 2.93. The molecule has 2 rings (SSSR count). The van der Waals surface area contributed by atoms with Crippen LogP contribution in [-0.2, 0) is 4.79 Å². The number of hydrogen-bond donors (Lipinski definition) is 1. The van der Waals surface area contributed by atoms with Crippen LogP contribution in [0.3, 0.4) is 0 Å². The van der Waals surface area contributed by atoms with Crippen LogP contribution in [0.2, 0.25) is 0 Å². The van der Waals surface area contributed by atoms with Crippen molar-refractivity contribution in [3.8, 4) is 5.75 Å². The molecule has 0 saturated carbocycles. The predicted molar refractivity (Wildman–Crippen MR) is 66.0 cm³/mol. The number of para-hydroxylation sites is 1. The fraction of sp³-hybridized carbons (Fsp3) is 0.462. The second-order valence-corrected chi connectivity index (χ2v) is 4.24. The molecule has 1 aromatic rings. The quantitative estimate of drug-likeness (QED) is 0.844. The zero-order valence-corrected chi connectivity index (χ0v) is 10.1. The van der Waals surface area contributed by atoms with Crippen molar-refractivity contribution < 1.29 is 9.53 Å². The van der Waals surface area contributed by atoms with Gasteiger partial charge in [0.25, 0.3) is 5.91 Å². The highest BCUT2D eigenvalue weighted by molar-refractivity contribution is 5.78. The maximum absolute atomic E-state index is 12.0. The molecule has 1 saturated heterocycles. The van der Waals surface area contributed by atoms with E-state index in [0.29, 0.717) is 0 Å². The lowest BCUT2D eigenvalue weighted by atomic mass is 10.2. The zero-order valence-electron chi connectivity index (χ0n) is 10.1. The van der Waals surface area contributed by atoms with Crippen molar-refractivity contribution in [1.29, 1.82) is 0 Å². The van der Waals surface area contributed by atoms with Crippen LogP contribution >= 0.6 is 0 Å². The maximum atomic E-state index is 12.0. The fourth-order valence-corrected chi connectivity index (χ4v) is 1.96. The van der Waals surface area contributed by atoms with E-state index in [-0.39, 0.29) is 18.6 Å². The zero-order chi connectivity index (χ0) is 12.1. The Hall–Kier alpha value is -1.55. The molecule has 0 spiro atoms. The molecular formula is C13H18N2O2. The number of amides is 1. The standard InChI is InChI=1S/C13H18N2O2/c1-11-9-14-7-8-15(11)13(16)10-17-12-5-3-2-4-6-12/h2-6,11,14H,7-10H2,1H3. The van der Waals surface area contributed by atoms with E-state index in [2.05, 4.69) is 5.32 Å². The summed E-state index contributed by atoms with van der Waals surface area (Å²) >= 11 is 0. The third-order valence-electron chi connectivity index (χ3n) is 2.93. The Bertz CT molecular complexity index is 367. The largest absolute Gasteiger partial charge is 0.484 e.